The second-order valence-corrected chi connectivity index (χ2v) is 5.08. The molecule has 1 saturated carbocycles. The largest absolute Gasteiger partial charge is 0.324 e. The molecule has 4 nitrogen and oxygen atoms in total. The number of allylic oxidation sites excluding steroid dienone is 1. The second-order valence-electron chi connectivity index (χ2n) is 5.08. The maximum Gasteiger partial charge on any atom is 0.324 e. The van der Waals surface area contributed by atoms with Crippen molar-refractivity contribution in [3.8, 4) is 0 Å². The molecule has 0 aliphatic heterocycles. The summed E-state index contributed by atoms with van der Waals surface area (Å²) in [6, 6.07) is 3.46. The summed E-state index contributed by atoms with van der Waals surface area (Å²) in [6.45, 7) is 1.96. The lowest BCUT2D eigenvalue weighted by molar-refractivity contribution is 0.255. The van der Waals surface area contributed by atoms with Crippen molar-refractivity contribution in [3.63, 3.8) is 0 Å². The highest BCUT2D eigenvalue weighted by Gasteiger charge is 2.09. The van der Waals surface area contributed by atoms with Gasteiger partial charge in [-0.1, -0.05) is 31.4 Å². The first-order chi connectivity index (χ1) is 9.24. The summed E-state index contributed by atoms with van der Waals surface area (Å²) in [4.78, 5) is 15.7. The van der Waals surface area contributed by atoms with Crippen LogP contribution in [0.15, 0.2) is 30.6 Å². The third-order valence-corrected chi connectivity index (χ3v) is 3.39. The molecule has 0 spiro atoms. The number of carbonyl (C=O) groups excluding carboxylic acids is 1. The second kappa shape index (κ2) is 6.92. The lowest BCUT2D eigenvalue weighted by atomic mass is 9.89. The van der Waals surface area contributed by atoms with Crippen LogP contribution >= 0.6 is 0 Å². The van der Waals surface area contributed by atoms with Crippen LogP contribution in [-0.2, 0) is 0 Å². The molecule has 1 aromatic heterocycles. The number of nitrogens with zero attached hydrogens (tertiary/aromatic N) is 1. The SMILES string of the molecule is Cc1ccc(NC(=O)N/C=C/C2CCCCC2)nc1. The zero-order valence-electron chi connectivity index (χ0n) is 11.4. The summed E-state index contributed by atoms with van der Waals surface area (Å²) in [5.74, 6) is 1.18. The van der Waals surface area contributed by atoms with E-state index < -0.39 is 0 Å². The van der Waals surface area contributed by atoms with E-state index in [4.69, 9.17) is 0 Å². The Balaban J connectivity index is 1.74. The summed E-state index contributed by atoms with van der Waals surface area (Å²) < 4.78 is 0. The lowest BCUT2D eigenvalue weighted by Gasteiger charge is -2.17. The van der Waals surface area contributed by atoms with Crippen molar-refractivity contribution in [2.75, 3.05) is 5.32 Å². The van der Waals surface area contributed by atoms with Crippen LogP contribution in [0.5, 0.6) is 0 Å². The molecule has 2 amide bonds. The highest BCUT2D eigenvalue weighted by atomic mass is 16.2. The maximum absolute atomic E-state index is 11.6. The van der Waals surface area contributed by atoms with Gasteiger partial charge >= 0.3 is 6.03 Å². The van der Waals surface area contributed by atoms with Crippen LogP contribution in [0.1, 0.15) is 37.7 Å². The number of aromatic nitrogens is 1. The quantitative estimate of drug-likeness (QED) is 0.871. The Bertz CT molecular complexity index is 433. The number of hydrogen-bond donors (Lipinski definition) is 2. The Labute approximate surface area is 114 Å². The van der Waals surface area contributed by atoms with Crippen molar-refractivity contribution in [1.82, 2.24) is 10.3 Å². The van der Waals surface area contributed by atoms with E-state index >= 15 is 0 Å². The zero-order chi connectivity index (χ0) is 13.5. The topological polar surface area (TPSA) is 54.0 Å². The first-order valence-electron chi connectivity index (χ1n) is 6.91. The number of urea groups is 1. The number of pyridine rings is 1. The van der Waals surface area contributed by atoms with Gasteiger partial charge < -0.3 is 5.32 Å². The van der Waals surface area contributed by atoms with Gasteiger partial charge in [0.25, 0.3) is 0 Å². The molecule has 2 N–H and O–H groups in total. The minimum Gasteiger partial charge on any atom is -0.315 e. The van der Waals surface area contributed by atoms with E-state index in [0.717, 1.165) is 5.56 Å². The molecule has 0 atom stereocenters. The van der Waals surface area contributed by atoms with Crippen LogP contribution in [0.25, 0.3) is 0 Å². The van der Waals surface area contributed by atoms with E-state index in [1.807, 2.05) is 13.0 Å². The summed E-state index contributed by atoms with van der Waals surface area (Å²) in [7, 11) is 0. The molecular formula is C15H21N3O. The Morgan fingerprint density at radius 3 is 2.79 bits per heavy atom. The van der Waals surface area contributed by atoms with Crippen LogP contribution in [0.3, 0.4) is 0 Å². The molecule has 0 aromatic carbocycles. The molecule has 4 heteroatoms. The minimum absolute atomic E-state index is 0.247. The van der Waals surface area contributed by atoms with Crippen molar-refractivity contribution in [3.05, 3.63) is 36.2 Å². The van der Waals surface area contributed by atoms with Gasteiger partial charge in [0, 0.05) is 12.4 Å². The van der Waals surface area contributed by atoms with Gasteiger partial charge in [-0.05, 0) is 37.3 Å². The van der Waals surface area contributed by atoms with Crippen molar-refractivity contribution >= 4 is 11.8 Å². The molecule has 102 valence electrons. The first kappa shape index (κ1) is 13.6. The van der Waals surface area contributed by atoms with Gasteiger partial charge in [-0.2, -0.15) is 0 Å². The fraction of sp³-hybridized carbons (Fsp3) is 0.467. The summed E-state index contributed by atoms with van der Waals surface area (Å²) >= 11 is 0. The van der Waals surface area contributed by atoms with Crippen molar-refractivity contribution < 1.29 is 4.79 Å². The van der Waals surface area contributed by atoms with E-state index in [0.29, 0.717) is 11.7 Å². The molecule has 1 fully saturated rings. The third-order valence-electron chi connectivity index (χ3n) is 3.39. The fourth-order valence-electron chi connectivity index (χ4n) is 2.28. The Morgan fingerprint density at radius 2 is 2.11 bits per heavy atom. The van der Waals surface area contributed by atoms with Crippen LogP contribution in [-0.4, -0.2) is 11.0 Å². The summed E-state index contributed by atoms with van der Waals surface area (Å²) in [6.07, 6.45) is 12.0. The van der Waals surface area contributed by atoms with Crippen molar-refractivity contribution in [2.45, 2.75) is 39.0 Å². The van der Waals surface area contributed by atoms with E-state index in [1.54, 1.807) is 18.5 Å². The van der Waals surface area contributed by atoms with Crippen LogP contribution in [0, 0.1) is 12.8 Å². The molecule has 0 radical (unpaired) electrons. The predicted octanol–water partition coefficient (Wildman–Crippen LogP) is 3.61. The van der Waals surface area contributed by atoms with Gasteiger partial charge in [0.05, 0.1) is 0 Å². The number of anilines is 1. The number of aryl methyl sites for hydroxylation is 1. The molecule has 0 saturated heterocycles. The molecule has 1 heterocycles. The van der Waals surface area contributed by atoms with Gasteiger partial charge in [-0.3, -0.25) is 5.32 Å². The van der Waals surface area contributed by atoms with Gasteiger partial charge in [-0.25, -0.2) is 9.78 Å². The maximum atomic E-state index is 11.6. The molecular weight excluding hydrogens is 238 g/mol. The highest BCUT2D eigenvalue weighted by Crippen LogP contribution is 2.24. The van der Waals surface area contributed by atoms with Crippen LogP contribution in [0.2, 0.25) is 0 Å². The number of nitrogens with one attached hydrogen (secondary N) is 2. The molecule has 2 rings (SSSR count). The van der Waals surface area contributed by atoms with Gasteiger partial charge in [0.15, 0.2) is 0 Å². The Morgan fingerprint density at radius 1 is 1.32 bits per heavy atom. The van der Waals surface area contributed by atoms with Gasteiger partial charge in [0.1, 0.15) is 5.82 Å². The summed E-state index contributed by atoms with van der Waals surface area (Å²) in [5.41, 5.74) is 1.07. The van der Waals surface area contributed by atoms with E-state index in [1.165, 1.54) is 32.1 Å². The third kappa shape index (κ3) is 4.73. The molecule has 1 aliphatic rings. The number of rotatable bonds is 3. The minimum atomic E-state index is -0.247. The van der Waals surface area contributed by atoms with Crippen molar-refractivity contribution in [1.29, 1.82) is 0 Å². The molecule has 0 unspecified atom stereocenters. The van der Waals surface area contributed by atoms with Gasteiger partial charge in [-0.15, -0.1) is 0 Å². The molecule has 19 heavy (non-hydrogen) atoms. The summed E-state index contributed by atoms with van der Waals surface area (Å²) in [5, 5.41) is 5.42. The standard InChI is InChI=1S/C15H21N3O/c1-12-7-8-14(17-11-12)18-15(19)16-10-9-13-5-3-2-4-6-13/h7-11,13H,2-6H2,1H3,(H2,16,17,18,19)/b10-9+. The van der Waals surface area contributed by atoms with E-state index in [2.05, 4.69) is 21.7 Å². The average Bonchev–Trinajstić information content (AvgIpc) is 2.43. The normalized spacial score (nSPS) is 16.5. The van der Waals surface area contributed by atoms with Gasteiger partial charge in [0.2, 0.25) is 0 Å². The molecule has 1 aliphatic carbocycles. The first-order valence-corrected chi connectivity index (χ1v) is 6.91. The number of amides is 2. The van der Waals surface area contributed by atoms with E-state index in [9.17, 15) is 4.79 Å². The highest BCUT2D eigenvalue weighted by molar-refractivity contribution is 5.88. The monoisotopic (exact) mass is 259 g/mol. The number of carbonyl (C=O) groups is 1. The lowest BCUT2D eigenvalue weighted by Crippen LogP contribution is -2.24. The smallest absolute Gasteiger partial charge is 0.315 e. The molecule has 0 bridgehead atoms. The number of hydrogen-bond acceptors (Lipinski definition) is 2. The van der Waals surface area contributed by atoms with Crippen LogP contribution in [0.4, 0.5) is 10.6 Å². The Hall–Kier alpha value is -1.84. The molecule has 1 aromatic rings. The van der Waals surface area contributed by atoms with Crippen LogP contribution < -0.4 is 10.6 Å². The Kier molecular flexibility index (Phi) is 4.95. The predicted molar refractivity (Wildman–Crippen MR) is 76.8 cm³/mol. The zero-order valence-corrected chi connectivity index (χ0v) is 11.4. The fourth-order valence-corrected chi connectivity index (χ4v) is 2.28. The van der Waals surface area contributed by atoms with Crippen molar-refractivity contribution in [2.24, 2.45) is 5.92 Å². The van der Waals surface area contributed by atoms with E-state index in [-0.39, 0.29) is 6.03 Å². The average molecular weight is 259 g/mol.